The zero-order valence-corrected chi connectivity index (χ0v) is 23.7. The number of carbonyl (C=O) groups excluding carboxylic acids is 1. The van der Waals surface area contributed by atoms with Gasteiger partial charge in [0.15, 0.2) is 0 Å². The van der Waals surface area contributed by atoms with Crippen molar-refractivity contribution in [3.63, 3.8) is 0 Å². The van der Waals surface area contributed by atoms with Crippen LogP contribution in [0.5, 0.6) is 0 Å². The Balaban J connectivity index is 1.20. The molecule has 1 aliphatic heterocycles. The van der Waals surface area contributed by atoms with Crippen molar-refractivity contribution < 1.29 is 14.3 Å². The summed E-state index contributed by atoms with van der Waals surface area (Å²) in [5.41, 5.74) is 3.79. The fourth-order valence-electron chi connectivity index (χ4n) is 5.62. The maximum absolute atomic E-state index is 13.4. The van der Waals surface area contributed by atoms with Crippen LogP contribution in [0.3, 0.4) is 0 Å². The molecule has 1 saturated heterocycles. The summed E-state index contributed by atoms with van der Waals surface area (Å²) in [6.45, 7) is 6.44. The smallest absolute Gasteiger partial charge is 0.326 e. The molecule has 216 valence electrons. The van der Waals surface area contributed by atoms with Crippen molar-refractivity contribution in [1.82, 2.24) is 19.8 Å². The van der Waals surface area contributed by atoms with E-state index in [-0.39, 0.29) is 30.3 Å². The number of ether oxygens (including phenoxy) is 2. The Bertz CT molecular complexity index is 1440. The first-order valence-electron chi connectivity index (χ1n) is 14.6. The second-order valence-corrected chi connectivity index (χ2v) is 10.8. The van der Waals surface area contributed by atoms with Crippen LogP contribution in [0.2, 0.25) is 0 Å². The van der Waals surface area contributed by atoms with Gasteiger partial charge in [-0.2, -0.15) is 0 Å². The van der Waals surface area contributed by atoms with Gasteiger partial charge >= 0.3 is 11.7 Å². The van der Waals surface area contributed by atoms with Gasteiger partial charge in [0.05, 0.1) is 29.6 Å². The Morgan fingerprint density at radius 3 is 2.49 bits per heavy atom. The highest BCUT2D eigenvalue weighted by Gasteiger charge is 2.35. The number of aromatic amines is 1. The van der Waals surface area contributed by atoms with Gasteiger partial charge in [0.1, 0.15) is 6.61 Å². The number of rotatable bonds is 13. The number of imidazole rings is 1. The van der Waals surface area contributed by atoms with Crippen molar-refractivity contribution in [2.75, 3.05) is 32.8 Å². The van der Waals surface area contributed by atoms with Gasteiger partial charge < -0.3 is 19.8 Å². The molecule has 2 heterocycles. The molecule has 5 rings (SSSR count). The molecule has 2 N–H and O–H groups in total. The maximum Gasteiger partial charge on any atom is 0.326 e. The number of fused-ring (bicyclic) bond motifs is 1. The first-order chi connectivity index (χ1) is 20.1. The van der Waals surface area contributed by atoms with E-state index < -0.39 is 5.92 Å². The standard InChI is InChI=1S/C33H40N4O4/c1-25(36(22-26-11-4-2-5-12-26)19-10-20-40-24-27-13-6-3-7-14-27)23-41-32(38)28-21-34-18-17-30(28)37-31-16-9-8-15-29(31)35-33(37)39/h2-9,11-16,25,28,30,34H,10,17-24H2,1H3,(H,35,39). The van der Waals surface area contributed by atoms with Crippen molar-refractivity contribution in [2.45, 2.75) is 45.0 Å². The van der Waals surface area contributed by atoms with Gasteiger partial charge in [0.2, 0.25) is 0 Å². The summed E-state index contributed by atoms with van der Waals surface area (Å²) >= 11 is 0. The van der Waals surface area contributed by atoms with E-state index >= 15 is 0 Å². The largest absolute Gasteiger partial charge is 0.464 e. The number of nitrogens with one attached hydrogen (secondary N) is 2. The van der Waals surface area contributed by atoms with E-state index in [9.17, 15) is 9.59 Å². The summed E-state index contributed by atoms with van der Waals surface area (Å²) in [7, 11) is 0. The van der Waals surface area contributed by atoms with Crippen LogP contribution in [0.1, 0.15) is 36.9 Å². The number of hydrogen-bond donors (Lipinski definition) is 2. The van der Waals surface area contributed by atoms with Gasteiger partial charge in [-0.05, 0) is 49.6 Å². The van der Waals surface area contributed by atoms with Crippen LogP contribution in [0.25, 0.3) is 11.0 Å². The molecule has 1 aliphatic rings. The molecule has 41 heavy (non-hydrogen) atoms. The van der Waals surface area contributed by atoms with Gasteiger partial charge in [0.25, 0.3) is 0 Å². The molecule has 4 aromatic rings. The lowest BCUT2D eigenvalue weighted by Crippen LogP contribution is -2.45. The molecular formula is C33H40N4O4. The molecule has 0 saturated carbocycles. The minimum absolute atomic E-state index is 0.0130. The molecule has 1 fully saturated rings. The fraction of sp³-hybridized carbons (Fsp3) is 0.394. The molecule has 8 heteroatoms. The van der Waals surface area contributed by atoms with Crippen LogP contribution in [-0.4, -0.2) is 59.3 Å². The SMILES string of the molecule is CC(COC(=O)C1CNCCC1n1c(=O)[nH]c2ccccc21)N(CCCOCc1ccccc1)Cc1ccccc1. The lowest BCUT2D eigenvalue weighted by molar-refractivity contribution is -0.152. The quantitative estimate of drug-likeness (QED) is 0.186. The Labute approximate surface area is 241 Å². The van der Waals surface area contributed by atoms with Crippen molar-refractivity contribution in [3.05, 3.63) is 107 Å². The number of hydrogen-bond acceptors (Lipinski definition) is 6. The van der Waals surface area contributed by atoms with Crippen molar-refractivity contribution >= 4 is 17.0 Å². The number of para-hydroxylation sites is 2. The predicted molar refractivity (Wildman–Crippen MR) is 161 cm³/mol. The minimum Gasteiger partial charge on any atom is -0.464 e. The van der Waals surface area contributed by atoms with Crippen LogP contribution < -0.4 is 11.0 Å². The highest BCUT2D eigenvalue weighted by molar-refractivity contribution is 5.77. The van der Waals surface area contributed by atoms with E-state index in [0.717, 1.165) is 37.1 Å². The molecule has 0 amide bonds. The zero-order valence-electron chi connectivity index (χ0n) is 23.7. The molecule has 8 nitrogen and oxygen atoms in total. The number of nitrogens with zero attached hydrogens (tertiary/aromatic N) is 2. The highest BCUT2D eigenvalue weighted by atomic mass is 16.5. The molecule has 0 spiro atoms. The first kappa shape index (κ1) is 28.8. The van der Waals surface area contributed by atoms with Gasteiger partial charge in [0, 0.05) is 32.3 Å². The van der Waals surface area contributed by atoms with E-state index in [1.165, 1.54) is 11.1 Å². The fourth-order valence-corrected chi connectivity index (χ4v) is 5.62. The van der Waals surface area contributed by atoms with E-state index in [1.807, 2.05) is 60.7 Å². The number of H-pyrrole nitrogens is 1. The molecule has 1 aromatic heterocycles. The van der Waals surface area contributed by atoms with Crippen LogP contribution in [0, 0.1) is 5.92 Å². The Morgan fingerprint density at radius 2 is 1.71 bits per heavy atom. The maximum atomic E-state index is 13.4. The molecular weight excluding hydrogens is 516 g/mol. The van der Waals surface area contributed by atoms with Gasteiger partial charge in [-0.25, -0.2) is 4.79 Å². The number of carbonyl (C=O) groups is 1. The molecule has 0 bridgehead atoms. The molecule has 3 atom stereocenters. The second kappa shape index (κ2) is 14.3. The lowest BCUT2D eigenvalue weighted by atomic mass is 9.93. The van der Waals surface area contributed by atoms with E-state index in [2.05, 4.69) is 46.4 Å². The number of aromatic nitrogens is 2. The Morgan fingerprint density at radius 1 is 1.00 bits per heavy atom. The summed E-state index contributed by atoms with van der Waals surface area (Å²) in [4.78, 5) is 31.6. The third kappa shape index (κ3) is 7.52. The van der Waals surface area contributed by atoms with Crippen molar-refractivity contribution in [1.29, 1.82) is 0 Å². The van der Waals surface area contributed by atoms with Crippen molar-refractivity contribution in [3.8, 4) is 0 Å². The summed E-state index contributed by atoms with van der Waals surface area (Å²) in [5, 5.41) is 3.32. The molecule has 3 aromatic carbocycles. The van der Waals surface area contributed by atoms with Crippen LogP contribution in [-0.2, 0) is 27.4 Å². The number of benzene rings is 3. The van der Waals surface area contributed by atoms with E-state index in [4.69, 9.17) is 9.47 Å². The average molecular weight is 557 g/mol. The van der Waals surface area contributed by atoms with E-state index in [1.54, 1.807) is 4.57 Å². The van der Waals surface area contributed by atoms with Crippen LogP contribution >= 0.6 is 0 Å². The summed E-state index contributed by atoms with van der Waals surface area (Å²) in [6.07, 6.45) is 1.55. The predicted octanol–water partition coefficient (Wildman–Crippen LogP) is 4.52. The zero-order chi connectivity index (χ0) is 28.4. The van der Waals surface area contributed by atoms with Gasteiger partial charge in [-0.3, -0.25) is 14.3 Å². The number of piperidine rings is 1. The Hall–Kier alpha value is -3.72. The minimum atomic E-state index is -0.443. The lowest BCUT2D eigenvalue weighted by Gasteiger charge is -2.33. The van der Waals surface area contributed by atoms with Crippen LogP contribution in [0.4, 0.5) is 0 Å². The topological polar surface area (TPSA) is 88.6 Å². The normalized spacial score (nSPS) is 18.0. The molecule has 3 unspecified atom stereocenters. The van der Waals surface area contributed by atoms with Gasteiger partial charge in [-0.15, -0.1) is 0 Å². The average Bonchev–Trinajstić information content (AvgIpc) is 3.35. The van der Waals surface area contributed by atoms with Gasteiger partial charge in [-0.1, -0.05) is 72.8 Å². The summed E-state index contributed by atoms with van der Waals surface area (Å²) in [5.74, 6) is -0.709. The third-order valence-electron chi connectivity index (χ3n) is 7.87. The first-order valence-corrected chi connectivity index (χ1v) is 14.6. The van der Waals surface area contributed by atoms with E-state index in [0.29, 0.717) is 26.2 Å². The highest BCUT2D eigenvalue weighted by Crippen LogP contribution is 2.28. The van der Waals surface area contributed by atoms with Crippen LogP contribution in [0.15, 0.2) is 89.7 Å². The monoisotopic (exact) mass is 556 g/mol. The number of esters is 1. The summed E-state index contributed by atoms with van der Waals surface area (Å²) < 4.78 is 13.6. The van der Waals surface area contributed by atoms with Crippen molar-refractivity contribution in [2.24, 2.45) is 5.92 Å². The summed E-state index contributed by atoms with van der Waals surface area (Å²) in [6, 6.07) is 27.9. The molecule has 0 aliphatic carbocycles. The second-order valence-electron chi connectivity index (χ2n) is 10.8. The third-order valence-corrected chi connectivity index (χ3v) is 7.87. The Kier molecular flexibility index (Phi) is 10.0. The molecule has 0 radical (unpaired) electrons.